The topological polar surface area (TPSA) is 120 Å². The highest BCUT2D eigenvalue weighted by molar-refractivity contribution is 5.73. The highest BCUT2D eigenvalue weighted by Crippen LogP contribution is 2.25. The van der Waals surface area contributed by atoms with Gasteiger partial charge in [-0.2, -0.15) is 23.5 Å². The van der Waals surface area contributed by atoms with E-state index in [1.807, 2.05) is 54.9 Å². The Bertz CT molecular complexity index is 1240. The number of benzene rings is 1. The van der Waals surface area contributed by atoms with E-state index in [1.54, 1.807) is 17.1 Å². The Kier molecular flexibility index (Phi) is 6.65. The molecule has 11 heteroatoms. The summed E-state index contributed by atoms with van der Waals surface area (Å²) in [5, 5.41) is 20.1. The maximum absolute atomic E-state index is 10.6. The van der Waals surface area contributed by atoms with Gasteiger partial charge >= 0.3 is 12.1 Å². The van der Waals surface area contributed by atoms with E-state index in [9.17, 15) is 13.2 Å². The van der Waals surface area contributed by atoms with E-state index in [4.69, 9.17) is 15.2 Å². The Morgan fingerprint density at radius 1 is 1.09 bits per heavy atom. The van der Waals surface area contributed by atoms with Gasteiger partial charge in [0.1, 0.15) is 12.2 Å². The van der Waals surface area contributed by atoms with Gasteiger partial charge < -0.3 is 10.1 Å². The lowest BCUT2D eigenvalue weighted by molar-refractivity contribution is -0.192. The number of hydrogen-bond donors (Lipinski definition) is 2. The molecule has 0 unspecified atom stereocenters. The third kappa shape index (κ3) is 5.57. The van der Waals surface area contributed by atoms with Crippen LogP contribution in [-0.2, 0) is 11.3 Å². The van der Waals surface area contributed by atoms with Crippen LogP contribution in [0.2, 0.25) is 0 Å². The smallest absolute Gasteiger partial charge is 0.475 e. The lowest BCUT2D eigenvalue weighted by Gasteiger charge is -2.01. The van der Waals surface area contributed by atoms with Gasteiger partial charge in [-0.15, -0.1) is 0 Å². The van der Waals surface area contributed by atoms with Gasteiger partial charge in [-0.25, -0.2) is 9.78 Å². The Hall–Kier alpha value is -4.46. The van der Waals surface area contributed by atoms with Crippen molar-refractivity contribution in [3.8, 4) is 40.0 Å². The maximum Gasteiger partial charge on any atom is 0.490 e. The summed E-state index contributed by atoms with van der Waals surface area (Å²) in [6, 6.07) is 16.0. The number of alkyl halides is 3. The number of nitrogens with zero attached hydrogens (tertiary/aromatic N) is 5. The molecule has 162 valence electrons. The number of hydrogen-bond acceptors (Lipinski definition) is 5. The van der Waals surface area contributed by atoms with Crippen molar-refractivity contribution in [2.45, 2.75) is 12.7 Å². The van der Waals surface area contributed by atoms with Crippen LogP contribution in [-0.4, -0.2) is 42.0 Å². The molecule has 8 nitrogen and oxygen atoms in total. The summed E-state index contributed by atoms with van der Waals surface area (Å²) in [5.41, 5.74) is 4.70. The molecule has 0 fully saturated rings. The fraction of sp³-hybridized carbons (Fsp3) is 0.0952. The first-order valence-corrected chi connectivity index (χ1v) is 9.04. The van der Waals surface area contributed by atoms with E-state index in [-0.39, 0.29) is 6.54 Å². The molecule has 0 bridgehead atoms. The van der Waals surface area contributed by atoms with Crippen molar-refractivity contribution in [1.29, 1.82) is 5.26 Å². The van der Waals surface area contributed by atoms with E-state index in [2.05, 4.69) is 26.1 Å². The van der Waals surface area contributed by atoms with Crippen molar-refractivity contribution >= 4 is 5.97 Å². The summed E-state index contributed by atoms with van der Waals surface area (Å²) in [6.45, 7) is 0.233. The average Bonchev–Trinajstić information content (AvgIpc) is 3.45. The molecular formula is C21H15F3N6O2. The second-order valence-corrected chi connectivity index (χ2v) is 6.33. The minimum absolute atomic E-state index is 0.233. The average molecular weight is 440 g/mol. The second kappa shape index (κ2) is 9.57. The van der Waals surface area contributed by atoms with Crippen molar-refractivity contribution in [3.05, 3.63) is 67.3 Å². The van der Waals surface area contributed by atoms with Crippen LogP contribution in [0.25, 0.3) is 33.9 Å². The number of aliphatic carboxylic acids is 1. The van der Waals surface area contributed by atoms with Crippen LogP contribution < -0.4 is 0 Å². The largest absolute Gasteiger partial charge is 0.490 e. The molecule has 0 saturated heterocycles. The molecule has 0 radical (unpaired) electrons. The van der Waals surface area contributed by atoms with Gasteiger partial charge in [0.05, 0.1) is 24.2 Å². The third-order valence-corrected chi connectivity index (χ3v) is 4.10. The molecule has 0 saturated carbocycles. The van der Waals surface area contributed by atoms with E-state index in [1.165, 1.54) is 0 Å². The van der Waals surface area contributed by atoms with E-state index in [0.717, 1.165) is 28.1 Å². The molecule has 0 aliphatic rings. The maximum atomic E-state index is 10.6. The van der Waals surface area contributed by atoms with Crippen molar-refractivity contribution < 1.29 is 23.1 Å². The van der Waals surface area contributed by atoms with Crippen molar-refractivity contribution in [1.82, 2.24) is 24.7 Å². The van der Waals surface area contributed by atoms with Gasteiger partial charge in [0, 0.05) is 18.0 Å². The van der Waals surface area contributed by atoms with Crippen molar-refractivity contribution in [2.24, 2.45) is 0 Å². The zero-order valence-corrected chi connectivity index (χ0v) is 16.3. The monoisotopic (exact) mass is 440 g/mol. The first-order valence-electron chi connectivity index (χ1n) is 9.04. The summed E-state index contributed by atoms with van der Waals surface area (Å²) in [6.07, 6.45) is 2.06. The van der Waals surface area contributed by atoms with E-state index in [0.29, 0.717) is 5.82 Å². The highest BCUT2D eigenvalue weighted by Gasteiger charge is 2.38. The Labute approximate surface area is 179 Å². The van der Waals surface area contributed by atoms with Gasteiger partial charge in [-0.1, -0.05) is 30.3 Å². The van der Waals surface area contributed by atoms with Gasteiger partial charge in [0.2, 0.25) is 0 Å². The van der Waals surface area contributed by atoms with Crippen LogP contribution in [0.3, 0.4) is 0 Å². The molecule has 4 rings (SSSR count). The summed E-state index contributed by atoms with van der Waals surface area (Å²) < 4.78 is 33.3. The van der Waals surface area contributed by atoms with Crippen molar-refractivity contribution in [2.75, 3.05) is 0 Å². The summed E-state index contributed by atoms with van der Waals surface area (Å²) in [4.78, 5) is 21.1. The number of nitriles is 1. The minimum atomic E-state index is -5.08. The van der Waals surface area contributed by atoms with Crippen molar-refractivity contribution in [3.63, 3.8) is 0 Å². The molecule has 3 aromatic heterocycles. The van der Waals surface area contributed by atoms with Crippen LogP contribution in [0.4, 0.5) is 13.2 Å². The number of rotatable bonds is 4. The molecule has 32 heavy (non-hydrogen) atoms. The standard InChI is InChI=1S/C19H14N6.C2HF3O2/c20-7-9-25-13-16(11-23-25)15-6-8-21-17(10-15)19-22-12-18(24-19)14-4-2-1-3-5-14;3-2(4,5)1(6)7/h1-6,8,10-13H,9H2,(H,22,24);(H,6,7). The third-order valence-electron chi connectivity index (χ3n) is 4.10. The molecule has 0 aliphatic heterocycles. The number of nitrogens with one attached hydrogen (secondary N) is 1. The Balaban J connectivity index is 0.000000360. The number of pyridine rings is 1. The first-order chi connectivity index (χ1) is 15.3. The molecule has 1 aromatic carbocycles. The molecule has 2 N–H and O–H groups in total. The lowest BCUT2D eigenvalue weighted by atomic mass is 10.1. The molecule has 0 amide bonds. The van der Waals surface area contributed by atoms with Gasteiger partial charge in [-0.3, -0.25) is 9.67 Å². The van der Waals surface area contributed by atoms with Crippen LogP contribution in [0, 0.1) is 11.3 Å². The zero-order chi connectivity index (χ0) is 23.1. The molecular weight excluding hydrogens is 425 g/mol. The minimum Gasteiger partial charge on any atom is -0.475 e. The quantitative estimate of drug-likeness (QED) is 0.492. The van der Waals surface area contributed by atoms with Crippen LogP contribution in [0.1, 0.15) is 0 Å². The summed E-state index contributed by atoms with van der Waals surface area (Å²) in [7, 11) is 0. The van der Waals surface area contributed by atoms with Crippen LogP contribution in [0.15, 0.2) is 67.3 Å². The number of carbonyl (C=O) groups is 1. The molecule has 0 spiro atoms. The number of aromatic nitrogens is 5. The molecule has 3 heterocycles. The Morgan fingerprint density at radius 3 is 2.47 bits per heavy atom. The van der Waals surface area contributed by atoms with Gasteiger partial charge in [0.15, 0.2) is 5.82 Å². The normalized spacial score (nSPS) is 10.7. The second-order valence-electron chi connectivity index (χ2n) is 6.33. The number of aromatic amines is 1. The van der Waals surface area contributed by atoms with Crippen LogP contribution in [0.5, 0.6) is 0 Å². The predicted molar refractivity (Wildman–Crippen MR) is 108 cm³/mol. The number of carboxylic acid groups (broad SMARTS) is 1. The molecule has 0 atom stereocenters. The van der Waals surface area contributed by atoms with E-state index < -0.39 is 12.1 Å². The molecule has 0 aliphatic carbocycles. The number of carboxylic acids is 1. The summed E-state index contributed by atoms with van der Waals surface area (Å²) in [5.74, 6) is -2.04. The lowest BCUT2D eigenvalue weighted by Crippen LogP contribution is -2.21. The Morgan fingerprint density at radius 2 is 1.81 bits per heavy atom. The highest BCUT2D eigenvalue weighted by atomic mass is 19.4. The molecule has 4 aromatic rings. The van der Waals surface area contributed by atoms with Gasteiger partial charge in [-0.05, 0) is 23.3 Å². The SMILES string of the molecule is N#CCn1cc(-c2ccnc(-c3ncc(-c4ccccc4)[nH]3)c2)cn1.O=C(O)C(F)(F)F. The number of halogens is 3. The summed E-state index contributed by atoms with van der Waals surface area (Å²) >= 11 is 0. The first kappa shape index (κ1) is 22.2. The fourth-order valence-corrected chi connectivity index (χ4v) is 2.63. The van der Waals surface area contributed by atoms with Gasteiger partial charge in [0.25, 0.3) is 0 Å². The predicted octanol–water partition coefficient (Wildman–Crippen LogP) is 4.16. The number of H-pyrrole nitrogens is 1. The number of imidazole rings is 1. The fourth-order valence-electron chi connectivity index (χ4n) is 2.63. The van der Waals surface area contributed by atoms with Crippen LogP contribution >= 0.6 is 0 Å². The van der Waals surface area contributed by atoms with E-state index >= 15 is 0 Å². The zero-order valence-electron chi connectivity index (χ0n) is 16.3.